The van der Waals surface area contributed by atoms with E-state index >= 15 is 0 Å². The minimum absolute atomic E-state index is 0.262. The van der Waals surface area contributed by atoms with Crippen LogP contribution in [0.15, 0.2) is 0 Å². The van der Waals surface area contributed by atoms with Crippen LogP contribution in [0.4, 0.5) is 0 Å². The van der Waals surface area contributed by atoms with E-state index in [1.165, 1.54) is 19.3 Å². The minimum Gasteiger partial charge on any atom is -0.342 e. The van der Waals surface area contributed by atoms with Gasteiger partial charge in [0.05, 0.1) is 0 Å². The minimum atomic E-state index is 0.262. The van der Waals surface area contributed by atoms with Crippen LogP contribution in [0.25, 0.3) is 0 Å². The van der Waals surface area contributed by atoms with Crippen molar-refractivity contribution in [2.45, 2.75) is 46.0 Å². The van der Waals surface area contributed by atoms with Gasteiger partial charge in [0.25, 0.3) is 0 Å². The molecule has 1 amide bonds. The molecule has 2 fully saturated rings. The molecule has 3 atom stereocenters. The van der Waals surface area contributed by atoms with Crippen molar-refractivity contribution in [3.63, 3.8) is 0 Å². The summed E-state index contributed by atoms with van der Waals surface area (Å²) in [6.07, 6.45) is 5.70. The van der Waals surface area contributed by atoms with Gasteiger partial charge in [0.1, 0.15) is 0 Å². The fourth-order valence-corrected chi connectivity index (χ4v) is 3.52. The van der Waals surface area contributed by atoms with Crippen LogP contribution in [0.5, 0.6) is 0 Å². The second-order valence-corrected chi connectivity index (χ2v) is 6.54. The number of nitrogens with zero attached hydrogens (tertiary/aromatic N) is 1. The maximum absolute atomic E-state index is 12.5. The van der Waals surface area contributed by atoms with Crippen molar-refractivity contribution in [3.8, 4) is 0 Å². The SMILES string of the molecule is CC(C)C1CCN(C(=O)C2CCCC(CN)C2)C1. The van der Waals surface area contributed by atoms with Gasteiger partial charge in [-0.3, -0.25) is 4.79 Å². The summed E-state index contributed by atoms with van der Waals surface area (Å²) >= 11 is 0. The molecule has 0 radical (unpaired) electrons. The molecular formula is C15H28N2O. The summed E-state index contributed by atoms with van der Waals surface area (Å²) in [6, 6.07) is 0. The van der Waals surface area contributed by atoms with Crippen molar-refractivity contribution in [1.82, 2.24) is 4.90 Å². The Balaban J connectivity index is 1.88. The number of amides is 1. The van der Waals surface area contributed by atoms with Crippen LogP contribution in [-0.4, -0.2) is 30.4 Å². The van der Waals surface area contributed by atoms with Crippen LogP contribution in [0.2, 0.25) is 0 Å². The van der Waals surface area contributed by atoms with Gasteiger partial charge < -0.3 is 10.6 Å². The molecule has 0 aromatic heterocycles. The second-order valence-electron chi connectivity index (χ2n) is 6.54. The Morgan fingerprint density at radius 2 is 2.11 bits per heavy atom. The predicted molar refractivity (Wildman–Crippen MR) is 74.0 cm³/mol. The predicted octanol–water partition coefficient (Wildman–Crippen LogP) is 2.26. The summed E-state index contributed by atoms with van der Waals surface area (Å²) in [5, 5.41) is 0. The molecule has 2 rings (SSSR count). The maximum Gasteiger partial charge on any atom is 0.225 e. The van der Waals surface area contributed by atoms with E-state index < -0.39 is 0 Å². The molecule has 18 heavy (non-hydrogen) atoms. The van der Waals surface area contributed by atoms with Gasteiger partial charge in [-0.05, 0) is 50.0 Å². The Morgan fingerprint density at radius 3 is 2.72 bits per heavy atom. The van der Waals surface area contributed by atoms with E-state index in [1.807, 2.05) is 0 Å². The molecule has 1 saturated heterocycles. The Hall–Kier alpha value is -0.570. The summed E-state index contributed by atoms with van der Waals surface area (Å²) in [4.78, 5) is 14.6. The van der Waals surface area contributed by atoms with Gasteiger partial charge in [0.15, 0.2) is 0 Å². The molecule has 1 aliphatic carbocycles. The van der Waals surface area contributed by atoms with Crippen molar-refractivity contribution >= 4 is 5.91 Å². The molecule has 2 N–H and O–H groups in total. The van der Waals surface area contributed by atoms with Crippen LogP contribution in [-0.2, 0) is 4.79 Å². The standard InChI is InChI=1S/C15H28N2O/c1-11(2)14-6-7-17(10-14)15(18)13-5-3-4-12(8-13)9-16/h11-14H,3-10,16H2,1-2H3. The zero-order chi connectivity index (χ0) is 13.1. The average molecular weight is 252 g/mol. The summed E-state index contributed by atoms with van der Waals surface area (Å²) in [5.41, 5.74) is 5.76. The van der Waals surface area contributed by atoms with Crippen molar-refractivity contribution < 1.29 is 4.79 Å². The number of nitrogens with two attached hydrogens (primary N) is 1. The first kappa shape index (κ1) is 13.9. The van der Waals surface area contributed by atoms with Crippen LogP contribution in [0, 0.1) is 23.7 Å². The fraction of sp³-hybridized carbons (Fsp3) is 0.933. The lowest BCUT2D eigenvalue weighted by molar-refractivity contribution is -0.136. The second kappa shape index (κ2) is 6.05. The smallest absolute Gasteiger partial charge is 0.225 e. The number of carbonyl (C=O) groups is 1. The number of hydrogen-bond donors (Lipinski definition) is 1. The molecule has 2 aliphatic rings. The highest BCUT2D eigenvalue weighted by atomic mass is 16.2. The summed E-state index contributed by atoms with van der Waals surface area (Å²) in [5.74, 6) is 2.67. The summed E-state index contributed by atoms with van der Waals surface area (Å²) < 4.78 is 0. The van der Waals surface area contributed by atoms with Gasteiger partial charge in [-0.25, -0.2) is 0 Å². The quantitative estimate of drug-likeness (QED) is 0.837. The van der Waals surface area contributed by atoms with Gasteiger partial charge >= 0.3 is 0 Å². The van der Waals surface area contributed by atoms with Crippen molar-refractivity contribution in [2.24, 2.45) is 29.4 Å². The molecule has 0 bridgehead atoms. The third-order valence-electron chi connectivity index (χ3n) is 4.94. The lowest BCUT2D eigenvalue weighted by Gasteiger charge is -2.30. The number of rotatable bonds is 3. The van der Waals surface area contributed by atoms with Crippen molar-refractivity contribution in [2.75, 3.05) is 19.6 Å². The lowest BCUT2D eigenvalue weighted by atomic mass is 9.81. The van der Waals surface area contributed by atoms with E-state index in [4.69, 9.17) is 5.73 Å². The van der Waals surface area contributed by atoms with E-state index in [9.17, 15) is 4.79 Å². The Kier molecular flexibility index (Phi) is 4.66. The van der Waals surface area contributed by atoms with E-state index in [2.05, 4.69) is 18.7 Å². The maximum atomic E-state index is 12.5. The first-order chi connectivity index (χ1) is 8.61. The van der Waals surface area contributed by atoms with Crippen molar-refractivity contribution in [3.05, 3.63) is 0 Å². The summed E-state index contributed by atoms with van der Waals surface area (Å²) in [6.45, 7) is 7.25. The van der Waals surface area contributed by atoms with E-state index in [0.717, 1.165) is 32.5 Å². The number of carbonyl (C=O) groups excluding carboxylic acids is 1. The first-order valence-corrected chi connectivity index (χ1v) is 7.60. The monoisotopic (exact) mass is 252 g/mol. The van der Waals surface area contributed by atoms with Gasteiger partial charge in [-0.2, -0.15) is 0 Å². The van der Waals surface area contributed by atoms with Gasteiger partial charge in [-0.1, -0.05) is 20.3 Å². The van der Waals surface area contributed by atoms with Crippen LogP contribution in [0.1, 0.15) is 46.0 Å². The van der Waals surface area contributed by atoms with Gasteiger partial charge in [0.2, 0.25) is 5.91 Å². The van der Waals surface area contributed by atoms with E-state index in [0.29, 0.717) is 23.7 Å². The number of hydrogen-bond acceptors (Lipinski definition) is 2. The Morgan fingerprint density at radius 1 is 1.33 bits per heavy atom. The highest BCUT2D eigenvalue weighted by Gasteiger charge is 2.34. The highest BCUT2D eigenvalue weighted by molar-refractivity contribution is 5.79. The lowest BCUT2D eigenvalue weighted by Crippen LogP contribution is -2.38. The van der Waals surface area contributed by atoms with Crippen molar-refractivity contribution in [1.29, 1.82) is 0 Å². The molecule has 1 aliphatic heterocycles. The van der Waals surface area contributed by atoms with E-state index in [1.54, 1.807) is 0 Å². The molecular weight excluding hydrogens is 224 g/mol. The number of likely N-dealkylation sites (tertiary alicyclic amines) is 1. The molecule has 0 aromatic carbocycles. The normalized spacial score (nSPS) is 33.1. The molecule has 1 saturated carbocycles. The van der Waals surface area contributed by atoms with Crippen LogP contribution >= 0.6 is 0 Å². The Bertz CT molecular complexity index is 290. The third kappa shape index (κ3) is 3.05. The molecule has 3 unspecified atom stereocenters. The van der Waals surface area contributed by atoms with E-state index in [-0.39, 0.29) is 5.92 Å². The molecule has 0 spiro atoms. The molecule has 1 heterocycles. The fourth-order valence-electron chi connectivity index (χ4n) is 3.52. The summed E-state index contributed by atoms with van der Waals surface area (Å²) in [7, 11) is 0. The molecule has 104 valence electrons. The zero-order valence-corrected chi connectivity index (χ0v) is 11.9. The van der Waals surface area contributed by atoms with Crippen LogP contribution in [0.3, 0.4) is 0 Å². The Labute approximate surface area is 111 Å². The largest absolute Gasteiger partial charge is 0.342 e. The molecule has 3 nitrogen and oxygen atoms in total. The van der Waals surface area contributed by atoms with Crippen LogP contribution < -0.4 is 5.73 Å². The molecule has 0 aromatic rings. The topological polar surface area (TPSA) is 46.3 Å². The zero-order valence-electron chi connectivity index (χ0n) is 11.9. The first-order valence-electron chi connectivity index (χ1n) is 7.60. The van der Waals surface area contributed by atoms with Gasteiger partial charge in [-0.15, -0.1) is 0 Å². The third-order valence-corrected chi connectivity index (χ3v) is 4.94. The highest BCUT2D eigenvalue weighted by Crippen LogP contribution is 2.32. The molecule has 3 heteroatoms. The van der Waals surface area contributed by atoms with Gasteiger partial charge in [0, 0.05) is 19.0 Å². The average Bonchev–Trinajstić information content (AvgIpc) is 2.87.